The van der Waals surface area contributed by atoms with Crippen LogP contribution in [0.15, 0.2) is 18.2 Å². The fourth-order valence-corrected chi connectivity index (χ4v) is 2.42. The maximum absolute atomic E-state index is 13.1. The summed E-state index contributed by atoms with van der Waals surface area (Å²) in [5.41, 5.74) is 0.694. The Labute approximate surface area is 114 Å². The van der Waals surface area contributed by atoms with E-state index in [1.54, 1.807) is 6.07 Å². The summed E-state index contributed by atoms with van der Waals surface area (Å²) in [4.78, 5) is 0. The second-order valence-corrected chi connectivity index (χ2v) is 5.22. The standard InChI is InChI=1S/C15H22ClFO/c1-3-5-6-11(4-2)15(18)10-12-9-13(17)7-8-14(12)16/h7-9,11,15,18H,3-6,10H2,1-2H3. The van der Waals surface area contributed by atoms with Crippen molar-refractivity contribution in [2.45, 2.75) is 52.1 Å². The quantitative estimate of drug-likeness (QED) is 0.769. The molecule has 0 aliphatic carbocycles. The summed E-state index contributed by atoms with van der Waals surface area (Å²) in [6, 6.07) is 4.30. The molecule has 0 bridgehead atoms. The van der Waals surface area contributed by atoms with Gasteiger partial charge in [-0.05, 0) is 36.1 Å². The number of hydrogen-bond acceptors (Lipinski definition) is 1. The van der Waals surface area contributed by atoms with Gasteiger partial charge in [0.15, 0.2) is 0 Å². The van der Waals surface area contributed by atoms with E-state index < -0.39 is 6.10 Å². The minimum absolute atomic E-state index is 0.268. The third kappa shape index (κ3) is 4.58. The summed E-state index contributed by atoms with van der Waals surface area (Å²) in [7, 11) is 0. The fourth-order valence-electron chi connectivity index (χ4n) is 2.23. The highest BCUT2D eigenvalue weighted by atomic mass is 35.5. The van der Waals surface area contributed by atoms with Gasteiger partial charge in [0.2, 0.25) is 0 Å². The van der Waals surface area contributed by atoms with Crippen LogP contribution in [0.2, 0.25) is 5.02 Å². The maximum atomic E-state index is 13.1. The van der Waals surface area contributed by atoms with Gasteiger partial charge in [0.25, 0.3) is 0 Å². The maximum Gasteiger partial charge on any atom is 0.123 e. The van der Waals surface area contributed by atoms with Crippen molar-refractivity contribution in [2.24, 2.45) is 5.92 Å². The molecule has 0 saturated carbocycles. The highest BCUT2D eigenvalue weighted by Gasteiger charge is 2.18. The summed E-state index contributed by atoms with van der Waals surface area (Å²) in [6.45, 7) is 4.22. The van der Waals surface area contributed by atoms with E-state index in [-0.39, 0.29) is 11.7 Å². The van der Waals surface area contributed by atoms with Gasteiger partial charge in [0, 0.05) is 11.4 Å². The molecule has 1 aromatic rings. The second kappa shape index (κ2) is 7.75. The largest absolute Gasteiger partial charge is 0.392 e. The lowest BCUT2D eigenvalue weighted by molar-refractivity contribution is 0.0987. The van der Waals surface area contributed by atoms with Crippen LogP contribution in [0.1, 0.15) is 45.1 Å². The molecule has 1 N–H and O–H groups in total. The fraction of sp³-hybridized carbons (Fsp3) is 0.600. The minimum atomic E-state index is -0.444. The van der Waals surface area contributed by atoms with Crippen molar-refractivity contribution in [3.8, 4) is 0 Å². The van der Waals surface area contributed by atoms with Gasteiger partial charge in [0.1, 0.15) is 5.82 Å². The number of halogens is 2. The summed E-state index contributed by atoms with van der Waals surface area (Å²) in [6.07, 6.45) is 4.19. The average molecular weight is 273 g/mol. The van der Waals surface area contributed by atoms with Crippen LogP contribution < -0.4 is 0 Å². The van der Waals surface area contributed by atoms with Crippen molar-refractivity contribution < 1.29 is 9.50 Å². The van der Waals surface area contributed by atoms with Gasteiger partial charge in [-0.1, -0.05) is 44.7 Å². The van der Waals surface area contributed by atoms with E-state index in [4.69, 9.17) is 11.6 Å². The Morgan fingerprint density at radius 2 is 2.06 bits per heavy atom. The Morgan fingerprint density at radius 1 is 1.33 bits per heavy atom. The molecule has 1 rings (SSSR count). The van der Waals surface area contributed by atoms with Crippen molar-refractivity contribution >= 4 is 11.6 Å². The minimum Gasteiger partial charge on any atom is -0.392 e. The van der Waals surface area contributed by atoms with Crippen LogP contribution in [0, 0.1) is 11.7 Å². The Balaban J connectivity index is 2.66. The molecule has 0 aromatic heterocycles. The predicted octanol–water partition coefficient (Wildman–Crippen LogP) is 4.60. The third-order valence-electron chi connectivity index (χ3n) is 3.43. The van der Waals surface area contributed by atoms with Crippen molar-refractivity contribution in [1.82, 2.24) is 0 Å². The van der Waals surface area contributed by atoms with Crippen molar-refractivity contribution in [1.29, 1.82) is 0 Å². The van der Waals surface area contributed by atoms with Gasteiger partial charge in [-0.3, -0.25) is 0 Å². The van der Waals surface area contributed by atoms with Gasteiger partial charge >= 0.3 is 0 Å². The van der Waals surface area contributed by atoms with E-state index in [0.717, 1.165) is 25.7 Å². The molecule has 18 heavy (non-hydrogen) atoms. The summed E-state index contributed by atoms with van der Waals surface area (Å²) in [5, 5.41) is 10.8. The van der Waals surface area contributed by atoms with E-state index in [1.165, 1.54) is 12.1 Å². The number of aliphatic hydroxyl groups is 1. The average Bonchev–Trinajstić information content (AvgIpc) is 2.35. The number of unbranched alkanes of at least 4 members (excludes halogenated alkanes) is 1. The van der Waals surface area contributed by atoms with Gasteiger partial charge in [-0.15, -0.1) is 0 Å². The van der Waals surface area contributed by atoms with Crippen LogP contribution in [-0.4, -0.2) is 11.2 Å². The molecule has 2 atom stereocenters. The molecule has 0 fully saturated rings. The van der Waals surface area contributed by atoms with Crippen LogP contribution >= 0.6 is 11.6 Å². The Kier molecular flexibility index (Phi) is 6.66. The topological polar surface area (TPSA) is 20.2 Å². The zero-order chi connectivity index (χ0) is 13.5. The highest BCUT2D eigenvalue weighted by Crippen LogP contribution is 2.24. The van der Waals surface area contributed by atoms with Crippen LogP contribution in [-0.2, 0) is 6.42 Å². The first-order valence-electron chi connectivity index (χ1n) is 6.70. The lowest BCUT2D eigenvalue weighted by Crippen LogP contribution is -2.22. The first-order valence-corrected chi connectivity index (χ1v) is 7.08. The zero-order valence-corrected chi connectivity index (χ0v) is 11.9. The summed E-state index contributed by atoms with van der Waals surface area (Å²) < 4.78 is 13.1. The highest BCUT2D eigenvalue weighted by molar-refractivity contribution is 6.31. The smallest absolute Gasteiger partial charge is 0.123 e. The van der Waals surface area contributed by atoms with Crippen molar-refractivity contribution in [2.75, 3.05) is 0 Å². The van der Waals surface area contributed by atoms with E-state index in [2.05, 4.69) is 13.8 Å². The van der Waals surface area contributed by atoms with E-state index >= 15 is 0 Å². The SMILES string of the molecule is CCCCC(CC)C(O)Cc1cc(F)ccc1Cl. The molecule has 102 valence electrons. The number of hydrogen-bond donors (Lipinski definition) is 1. The van der Waals surface area contributed by atoms with Crippen molar-refractivity contribution in [3.63, 3.8) is 0 Å². The van der Waals surface area contributed by atoms with E-state index in [0.29, 0.717) is 17.0 Å². The third-order valence-corrected chi connectivity index (χ3v) is 3.80. The molecule has 0 heterocycles. The molecule has 1 nitrogen and oxygen atoms in total. The zero-order valence-electron chi connectivity index (χ0n) is 11.1. The van der Waals surface area contributed by atoms with Crippen LogP contribution in [0.5, 0.6) is 0 Å². The molecule has 0 aliphatic heterocycles. The molecular formula is C15H22ClFO. The number of rotatable bonds is 7. The first-order chi connectivity index (χ1) is 8.58. The molecule has 0 amide bonds. The lowest BCUT2D eigenvalue weighted by Gasteiger charge is -2.22. The molecule has 0 radical (unpaired) electrons. The summed E-state index contributed by atoms with van der Waals surface area (Å²) in [5.74, 6) is -0.0347. The molecule has 1 aromatic carbocycles. The van der Waals surface area contributed by atoms with Gasteiger partial charge < -0.3 is 5.11 Å². The van der Waals surface area contributed by atoms with Crippen molar-refractivity contribution in [3.05, 3.63) is 34.6 Å². The number of benzene rings is 1. The van der Waals surface area contributed by atoms with Crippen LogP contribution in [0.4, 0.5) is 4.39 Å². The van der Waals surface area contributed by atoms with Crippen LogP contribution in [0.3, 0.4) is 0 Å². The molecule has 0 saturated heterocycles. The Hall–Kier alpha value is -0.600. The second-order valence-electron chi connectivity index (χ2n) is 4.82. The molecule has 0 aliphatic rings. The number of aliphatic hydroxyl groups excluding tert-OH is 1. The molecular weight excluding hydrogens is 251 g/mol. The van der Waals surface area contributed by atoms with E-state index in [9.17, 15) is 9.50 Å². The Bertz CT molecular complexity index is 368. The van der Waals surface area contributed by atoms with Gasteiger partial charge in [-0.2, -0.15) is 0 Å². The molecule has 2 unspecified atom stereocenters. The first kappa shape index (κ1) is 15.5. The lowest BCUT2D eigenvalue weighted by atomic mass is 9.89. The van der Waals surface area contributed by atoms with Gasteiger partial charge in [0.05, 0.1) is 6.10 Å². The predicted molar refractivity (Wildman–Crippen MR) is 74.4 cm³/mol. The monoisotopic (exact) mass is 272 g/mol. The van der Waals surface area contributed by atoms with Gasteiger partial charge in [-0.25, -0.2) is 4.39 Å². The van der Waals surface area contributed by atoms with Crippen LogP contribution in [0.25, 0.3) is 0 Å². The molecule has 3 heteroatoms. The summed E-state index contributed by atoms with van der Waals surface area (Å²) >= 11 is 6.01. The normalized spacial score (nSPS) is 14.5. The molecule has 0 spiro atoms. The Morgan fingerprint density at radius 3 is 2.67 bits per heavy atom. The van der Waals surface area contributed by atoms with E-state index in [1.807, 2.05) is 0 Å².